The number of rotatable bonds is 6. The molecule has 0 saturated heterocycles. The molecule has 0 unspecified atom stereocenters. The maximum atomic E-state index is 6.15. The summed E-state index contributed by atoms with van der Waals surface area (Å²) in [5, 5.41) is 9.14. The van der Waals surface area contributed by atoms with Crippen molar-refractivity contribution in [2.24, 2.45) is 0 Å². The zero-order valence-corrected chi connectivity index (χ0v) is 34.4. The number of aromatic nitrogens is 5. The van der Waals surface area contributed by atoms with Crippen LogP contribution in [0.15, 0.2) is 217 Å². The Morgan fingerprint density at radius 3 is 1.88 bits per heavy atom. The van der Waals surface area contributed by atoms with E-state index in [-0.39, 0.29) is 0 Å². The Kier molecular flexibility index (Phi) is 8.11. The largest absolute Gasteiger partial charge is 0.454 e. The van der Waals surface area contributed by atoms with E-state index in [4.69, 9.17) is 24.4 Å². The van der Waals surface area contributed by atoms with Crippen LogP contribution in [0.5, 0.6) is 0 Å². The van der Waals surface area contributed by atoms with Crippen LogP contribution in [-0.4, -0.2) is 24.5 Å². The number of fused-ring (bicyclic) bond motifs is 9. The Labute approximate surface area is 367 Å². The minimum atomic E-state index is 0.481. The second-order valence-corrected chi connectivity index (χ2v) is 16.2. The van der Waals surface area contributed by atoms with Crippen LogP contribution in [0.3, 0.4) is 0 Å². The highest BCUT2D eigenvalue weighted by Crippen LogP contribution is 2.39. The number of pyridine rings is 1. The first-order valence-electron chi connectivity index (χ1n) is 21.5. The van der Waals surface area contributed by atoms with Gasteiger partial charge < -0.3 is 8.98 Å². The smallest absolute Gasteiger partial charge is 0.182 e. The van der Waals surface area contributed by atoms with Gasteiger partial charge in [0.2, 0.25) is 0 Å². The molecule has 64 heavy (non-hydrogen) atoms. The lowest BCUT2D eigenvalue weighted by molar-refractivity contribution is 0.667. The van der Waals surface area contributed by atoms with Crippen LogP contribution in [0.4, 0.5) is 0 Å². The maximum absolute atomic E-state index is 6.15. The molecule has 0 saturated carbocycles. The van der Waals surface area contributed by atoms with Crippen molar-refractivity contribution < 1.29 is 4.42 Å². The van der Waals surface area contributed by atoms with Crippen molar-refractivity contribution >= 4 is 65.3 Å². The molecule has 9 aromatic carbocycles. The first-order valence-corrected chi connectivity index (χ1v) is 21.5. The Hall–Kier alpha value is -8.74. The Bertz CT molecular complexity index is 3980. The summed E-state index contributed by atoms with van der Waals surface area (Å²) in [6, 6.07) is 72.4. The molecule has 0 fully saturated rings. The molecule has 4 aromatic heterocycles. The number of hydrogen-bond donors (Lipinski definition) is 0. The van der Waals surface area contributed by atoms with Crippen LogP contribution >= 0.6 is 0 Å². The molecule has 13 aromatic rings. The third-order valence-corrected chi connectivity index (χ3v) is 12.5. The lowest BCUT2D eigenvalue weighted by Crippen LogP contribution is -2.02. The van der Waals surface area contributed by atoms with Gasteiger partial charge in [0.25, 0.3) is 0 Å². The van der Waals surface area contributed by atoms with Gasteiger partial charge in [0.1, 0.15) is 11.3 Å². The lowest BCUT2D eigenvalue weighted by atomic mass is 9.94. The number of furan rings is 1. The molecule has 4 heterocycles. The molecule has 6 nitrogen and oxygen atoms in total. The molecule has 298 valence electrons. The summed E-state index contributed by atoms with van der Waals surface area (Å²) in [4.78, 5) is 20.5. The normalized spacial score (nSPS) is 11.8. The monoisotopic (exact) mass is 817 g/mol. The molecule has 0 radical (unpaired) electrons. The molecular formula is C58H35N5O. The van der Waals surface area contributed by atoms with E-state index >= 15 is 0 Å². The zero-order valence-electron chi connectivity index (χ0n) is 34.4. The fraction of sp³-hybridized carbons (Fsp3) is 0. The lowest BCUT2D eigenvalue weighted by Gasteiger charge is -2.13. The summed E-state index contributed by atoms with van der Waals surface area (Å²) in [6.07, 6.45) is 1.77. The molecular weight excluding hydrogens is 783 g/mol. The average Bonchev–Trinajstić information content (AvgIpc) is 3.92. The Balaban J connectivity index is 0.975. The van der Waals surface area contributed by atoms with E-state index in [0.717, 1.165) is 66.2 Å². The molecule has 6 heteroatoms. The Morgan fingerprint density at radius 1 is 0.359 bits per heavy atom. The van der Waals surface area contributed by atoms with Crippen molar-refractivity contribution in [3.63, 3.8) is 0 Å². The average molecular weight is 818 g/mol. The van der Waals surface area contributed by atoms with Gasteiger partial charge in [-0.1, -0.05) is 158 Å². The van der Waals surface area contributed by atoms with Crippen molar-refractivity contribution in [1.29, 1.82) is 0 Å². The van der Waals surface area contributed by atoms with E-state index in [9.17, 15) is 0 Å². The molecule has 0 spiro atoms. The topological polar surface area (TPSA) is 69.6 Å². The highest BCUT2D eigenvalue weighted by molar-refractivity contribution is 6.21. The number of benzene rings is 9. The second-order valence-electron chi connectivity index (χ2n) is 16.2. The highest BCUT2D eigenvalue weighted by atomic mass is 16.3. The first kappa shape index (κ1) is 36.0. The van der Waals surface area contributed by atoms with E-state index in [1.165, 1.54) is 32.6 Å². The van der Waals surface area contributed by atoms with Crippen molar-refractivity contribution in [2.45, 2.75) is 0 Å². The van der Waals surface area contributed by atoms with Gasteiger partial charge in [0.05, 0.1) is 17.2 Å². The molecule has 0 aliphatic carbocycles. The molecule has 0 N–H and O–H groups in total. The quantitative estimate of drug-likeness (QED) is 0.167. The van der Waals surface area contributed by atoms with Crippen LogP contribution in [0.2, 0.25) is 0 Å². The summed E-state index contributed by atoms with van der Waals surface area (Å²) >= 11 is 0. The molecule has 0 aliphatic heterocycles. The van der Waals surface area contributed by atoms with Crippen LogP contribution in [0.25, 0.3) is 128 Å². The first-order chi connectivity index (χ1) is 31.7. The summed E-state index contributed by atoms with van der Waals surface area (Å²) in [5.74, 6) is 1.61. The third-order valence-electron chi connectivity index (χ3n) is 12.5. The molecule has 0 amide bonds. The predicted molar refractivity (Wildman–Crippen MR) is 261 cm³/mol. The van der Waals surface area contributed by atoms with Crippen molar-refractivity contribution in [3.05, 3.63) is 212 Å². The van der Waals surface area contributed by atoms with Crippen LogP contribution < -0.4 is 0 Å². The Morgan fingerprint density at radius 2 is 1.00 bits per heavy atom. The van der Waals surface area contributed by atoms with Gasteiger partial charge in [-0.25, -0.2) is 19.9 Å². The second kappa shape index (κ2) is 14.4. The van der Waals surface area contributed by atoms with Gasteiger partial charge >= 0.3 is 0 Å². The van der Waals surface area contributed by atoms with Crippen LogP contribution in [0, 0.1) is 0 Å². The zero-order chi connectivity index (χ0) is 42.1. The summed E-state index contributed by atoms with van der Waals surface area (Å²) in [7, 11) is 0. The standard InChI is InChI=1S/C58H35N5O/c1-2-14-36(15-3-1)42-29-30-47(45-23-7-6-22-44(42)45)57-60-56(61-58(62-57)50-34-49-46-24-9-11-27-53(46)64-54(49)35-59-50)40-19-12-17-38(32-40)39-18-13-20-41(33-39)63-51-26-10-8-25-48(51)55-43-21-5-4-16-37(43)28-31-52(55)63/h1-35H. The third kappa shape index (κ3) is 5.81. The molecule has 0 aliphatic rings. The van der Waals surface area contributed by atoms with E-state index in [1.54, 1.807) is 6.20 Å². The summed E-state index contributed by atoms with van der Waals surface area (Å²) in [5.41, 5.74) is 11.8. The van der Waals surface area contributed by atoms with Crippen molar-refractivity contribution in [1.82, 2.24) is 24.5 Å². The fourth-order valence-electron chi connectivity index (χ4n) is 9.54. The van der Waals surface area contributed by atoms with Crippen molar-refractivity contribution in [2.75, 3.05) is 0 Å². The number of para-hydroxylation sites is 2. The van der Waals surface area contributed by atoms with Gasteiger partial charge in [-0.05, 0) is 92.3 Å². The SMILES string of the molecule is c1ccc(-c2ccc(-c3nc(-c4cccc(-c5cccc(-n6c7ccccc7c7c8ccccc8ccc76)c5)c4)nc(-c4cc5c(cn4)oc4ccccc45)n3)c3ccccc23)cc1. The van der Waals surface area contributed by atoms with E-state index in [1.807, 2.05) is 30.3 Å². The summed E-state index contributed by atoms with van der Waals surface area (Å²) in [6.45, 7) is 0. The fourth-order valence-corrected chi connectivity index (χ4v) is 9.54. The minimum Gasteiger partial charge on any atom is -0.454 e. The van der Waals surface area contributed by atoms with Gasteiger partial charge in [-0.2, -0.15) is 0 Å². The van der Waals surface area contributed by atoms with Gasteiger partial charge in [-0.3, -0.25) is 0 Å². The molecule has 0 bridgehead atoms. The van der Waals surface area contributed by atoms with Crippen LogP contribution in [-0.2, 0) is 0 Å². The predicted octanol–water partition coefficient (Wildman–Crippen LogP) is 14.9. The number of hydrogen-bond acceptors (Lipinski definition) is 5. The summed E-state index contributed by atoms with van der Waals surface area (Å²) < 4.78 is 8.54. The van der Waals surface area contributed by atoms with Gasteiger partial charge in [-0.15, -0.1) is 0 Å². The van der Waals surface area contributed by atoms with E-state index in [2.05, 4.69) is 180 Å². The maximum Gasteiger partial charge on any atom is 0.182 e. The van der Waals surface area contributed by atoms with Gasteiger partial charge in [0, 0.05) is 38.4 Å². The highest BCUT2D eigenvalue weighted by Gasteiger charge is 2.19. The van der Waals surface area contributed by atoms with Gasteiger partial charge in [0.15, 0.2) is 23.1 Å². The minimum absolute atomic E-state index is 0.481. The molecule has 13 rings (SSSR count). The van der Waals surface area contributed by atoms with E-state index in [0.29, 0.717) is 28.8 Å². The van der Waals surface area contributed by atoms with E-state index < -0.39 is 0 Å². The van der Waals surface area contributed by atoms with Crippen molar-refractivity contribution in [3.8, 4) is 62.2 Å². The molecule has 0 atom stereocenters. The van der Waals surface area contributed by atoms with Crippen LogP contribution in [0.1, 0.15) is 0 Å². The number of nitrogens with zero attached hydrogens (tertiary/aromatic N) is 5.